The molecule has 4 heteroatoms. The molecule has 1 aromatic carbocycles. The average Bonchev–Trinajstić information content (AvgIpc) is 2.83. The molecule has 0 saturated carbocycles. The molecule has 18 heavy (non-hydrogen) atoms. The average molecular weight is 238 g/mol. The molecule has 1 aromatic heterocycles. The van der Waals surface area contributed by atoms with Crippen molar-refractivity contribution in [1.29, 1.82) is 5.26 Å². The molecule has 0 atom stereocenters. The third-order valence-electron chi connectivity index (χ3n) is 3.31. The van der Waals surface area contributed by atoms with Gasteiger partial charge in [-0.05, 0) is 5.56 Å². The summed E-state index contributed by atoms with van der Waals surface area (Å²) in [4.78, 5) is 6.60. The zero-order valence-electron chi connectivity index (χ0n) is 10.1. The predicted molar refractivity (Wildman–Crippen MR) is 68.6 cm³/mol. The van der Waals surface area contributed by atoms with Crippen LogP contribution in [0.3, 0.4) is 0 Å². The number of hydrogen-bond donors (Lipinski definition) is 0. The van der Waals surface area contributed by atoms with E-state index in [1.165, 1.54) is 11.3 Å². The van der Waals surface area contributed by atoms with E-state index in [1.807, 2.05) is 24.4 Å². The highest BCUT2D eigenvalue weighted by Gasteiger charge is 2.19. The van der Waals surface area contributed by atoms with Gasteiger partial charge in [0, 0.05) is 13.1 Å². The summed E-state index contributed by atoms with van der Waals surface area (Å²) in [6.45, 7) is 3.06. The van der Waals surface area contributed by atoms with E-state index < -0.39 is 0 Å². The summed E-state index contributed by atoms with van der Waals surface area (Å²) < 4.78 is 2.25. The van der Waals surface area contributed by atoms with Crippen molar-refractivity contribution in [2.45, 2.75) is 13.1 Å². The summed E-state index contributed by atoms with van der Waals surface area (Å²) in [5, 5.41) is 8.73. The van der Waals surface area contributed by atoms with Crippen LogP contribution in [0.2, 0.25) is 0 Å². The first-order valence-corrected chi connectivity index (χ1v) is 6.07. The highest BCUT2D eigenvalue weighted by atomic mass is 15.2. The third kappa shape index (κ3) is 1.89. The summed E-state index contributed by atoms with van der Waals surface area (Å²) >= 11 is 0. The molecule has 0 radical (unpaired) electrons. The number of imidazole rings is 1. The van der Waals surface area contributed by atoms with Crippen molar-refractivity contribution in [2.24, 2.45) is 0 Å². The maximum atomic E-state index is 8.73. The van der Waals surface area contributed by atoms with Crippen LogP contribution in [0.25, 0.3) is 11.3 Å². The van der Waals surface area contributed by atoms with Gasteiger partial charge in [0.15, 0.2) is 0 Å². The van der Waals surface area contributed by atoms with Gasteiger partial charge in [0.05, 0.1) is 31.0 Å². The number of benzene rings is 1. The van der Waals surface area contributed by atoms with Crippen LogP contribution in [0.5, 0.6) is 0 Å². The molecule has 2 heterocycles. The van der Waals surface area contributed by atoms with Gasteiger partial charge in [0.25, 0.3) is 0 Å². The minimum Gasteiger partial charge on any atom is -0.326 e. The van der Waals surface area contributed by atoms with E-state index in [-0.39, 0.29) is 0 Å². The molecular weight excluding hydrogens is 224 g/mol. The van der Waals surface area contributed by atoms with E-state index in [0.717, 1.165) is 25.5 Å². The summed E-state index contributed by atoms with van der Waals surface area (Å²) in [6.07, 6.45) is 1.93. The number of nitriles is 1. The standard InChI is InChI=1S/C14H14N4/c15-6-7-17-8-9-18-13(10-16-14(18)11-17)12-4-2-1-3-5-12/h1-5,10H,7-9,11H2. The smallest absolute Gasteiger partial charge is 0.123 e. The molecule has 0 saturated heterocycles. The molecule has 1 aliphatic rings. The van der Waals surface area contributed by atoms with Gasteiger partial charge in [0.2, 0.25) is 0 Å². The van der Waals surface area contributed by atoms with Crippen molar-refractivity contribution in [1.82, 2.24) is 14.5 Å². The fourth-order valence-electron chi connectivity index (χ4n) is 2.38. The van der Waals surface area contributed by atoms with Gasteiger partial charge in [-0.15, -0.1) is 0 Å². The second kappa shape index (κ2) is 4.63. The highest BCUT2D eigenvalue weighted by Crippen LogP contribution is 2.23. The molecule has 0 fully saturated rings. The summed E-state index contributed by atoms with van der Waals surface area (Å²) in [7, 11) is 0. The fraction of sp³-hybridized carbons (Fsp3) is 0.286. The Bertz CT molecular complexity index is 580. The van der Waals surface area contributed by atoms with Gasteiger partial charge >= 0.3 is 0 Å². The van der Waals surface area contributed by atoms with Crippen molar-refractivity contribution < 1.29 is 0 Å². The highest BCUT2D eigenvalue weighted by molar-refractivity contribution is 5.59. The summed E-state index contributed by atoms with van der Waals surface area (Å²) in [5.41, 5.74) is 2.37. The summed E-state index contributed by atoms with van der Waals surface area (Å²) in [6, 6.07) is 12.5. The molecule has 2 aromatic rings. The van der Waals surface area contributed by atoms with Crippen LogP contribution >= 0.6 is 0 Å². The Morgan fingerprint density at radius 3 is 2.83 bits per heavy atom. The lowest BCUT2D eigenvalue weighted by atomic mass is 10.1. The molecule has 0 bridgehead atoms. The van der Waals surface area contributed by atoms with Crippen molar-refractivity contribution in [3.8, 4) is 17.3 Å². The Balaban J connectivity index is 1.92. The van der Waals surface area contributed by atoms with Crippen molar-refractivity contribution >= 4 is 0 Å². The predicted octanol–water partition coefficient (Wildman–Crippen LogP) is 1.89. The van der Waals surface area contributed by atoms with Gasteiger partial charge in [-0.3, -0.25) is 4.90 Å². The van der Waals surface area contributed by atoms with Gasteiger partial charge in [-0.1, -0.05) is 30.3 Å². The zero-order chi connectivity index (χ0) is 12.4. The Labute approximate surface area is 106 Å². The number of aromatic nitrogens is 2. The second-order valence-electron chi connectivity index (χ2n) is 4.45. The zero-order valence-corrected chi connectivity index (χ0v) is 10.1. The fourth-order valence-corrected chi connectivity index (χ4v) is 2.38. The molecule has 0 spiro atoms. The Hall–Kier alpha value is -2.12. The second-order valence-corrected chi connectivity index (χ2v) is 4.45. The van der Waals surface area contributed by atoms with E-state index >= 15 is 0 Å². The van der Waals surface area contributed by atoms with Crippen LogP contribution in [0.15, 0.2) is 36.5 Å². The SMILES string of the molecule is N#CCN1CCn2c(-c3ccccc3)cnc2C1. The van der Waals surface area contributed by atoms with Crippen LogP contribution in [0.1, 0.15) is 5.82 Å². The van der Waals surface area contributed by atoms with Gasteiger partial charge in [0.1, 0.15) is 5.82 Å². The van der Waals surface area contributed by atoms with Crippen LogP contribution in [0.4, 0.5) is 0 Å². The van der Waals surface area contributed by atoms with E-state index in [1.54, 1.807) is 0 Å². The van der Waals surface area contributed by atoms with Crippen LogP contribution in [0, 0.1) is 11.3 Å². The van der Waals surface area contributed by atoms with E-state index in [4.69, 9.17) is 5.26 Å². The van der Waals surface area contributed by atoms with E-state index in [9.17, 15) is 0 Å². The number of rotatable bonds is 2. The molecule has 0 amide bonds. The maximum Gasteiger partial charge on any atom is 0.123 e. The van der Waals surface area contributed by atoms with Crippen LogP contribution < -0.4 is 0 Å². The van der Waals surface area contributed by atoms with Crippen molar-refractivity contribution in [2.75, 3.05) is 13.1 Å². The van der Waals surface area contributed by atoms with Crippen LogP contribution in [-0.2, 0) is 13.1 Å². The summed E-state index contributed by atoms with van der Waals surface area (Å²) in [5.74, 6) is 1.05. The number of hydrogen-bond acceptors (Lipinski definition) is 3. The Kier molecular flexibility index (Phi) is 2.83. The van der Waals surface area contributed by atoms with Gasteiger partial charge in [-0.25, -0.2) is 4.98 Å². The first-order chi connectivity index (χ1) is 8.88. The van der Waals surface area contributed by atoms with Crippen molar-refractivity contribution in [3.63, 3.8) is 0 Å². The molecule has 3 rings (SSSR count). The van der Waals surface area contributed by atoms with E-state index in [2.05, 4.69) is 32.7 Å². The molecule has 0 aliphatic carbocycles. The normalized spacial score (nSPS) is 15.1. The minimum atomic E-state index is 0.480. The topological polar surface area (TPSA) is 44.9 Å². The Morgan fingerprint density at radius 1 is 1.22 bits per heavy atom. The lowest BCUT2D eigenvalue weighted by Gasteiger charge is -2.26. The molecule has 0 unspecified atom stereocenters. The van der Waals surface area contributed by atoms with Crippen LogP contribution in [-0.4, -0.2) is 27.5 Å². The largest absolute Gasteiger partial charge is 0.326 e. The first kappa shape index (κ1) is 11.0. The number of fused-ring (bicyclic) bond motifs is 1. The monoisotopic (exact) mass is 238 g/mol. The molecule has 4 nitrogen and oxygen atoms in total. The lowest BCUT2D eigenvalue weighted by Crippen LogP contribution is -2.34. The minimum absolute atomic E-state index is 0.480. The lowest BCUT2D eigenvalue weighted by molar-refractivity contribution is 0.243. The molecule has 0 N–H and O–H groups in total. The van der Waals surface area contributed by atoms with Gasteiger partial charge in [-0.2, -0.15) is 5.26 Å². The maximum absolute atomic E-state index is 8.73. The number of nitrogens with zero attached hydrogens (tertiary/aromatic N) is 4. The first-order valence-electron chi connectivity index (χ1n) is 6.07. The van der Waals surface area contributed by atoms with E-state index in [0.29, 0.717) is 6.54 Å². The third-order valence-corrected chi connectivity index (χ3v) is 3.31. The quantitative estimate of drug-likeness (QED) is 0.750. The van der Waals surface area contributed by atoms with Crippen molar-refractivity contribution in [3.05, 3.63) is 42.4 Å². The molecular formula is C14H14N4. The molecule has 1 aliphatic heterocycles. The van der Waals surface area contributed by atoms with Gasteiger partial charge < -0.3 is 4.57 Å². The Morgan fingerprint density at radius 2 is 2.06 bits per heavy atom. The molecule has 90 valence electrons.